The van der Waals surface area contributed by atoms with E-state index in [4.69, 9.17) is 0 Å². The van der Waals surface area contributed by atoms with E-state index in [9.17, 15) is 0 Å². The molecular formula is C6H11S9. The van der Waals surface area contributed by atoms with Gasteiger partial charge in [-0.25, -0.2) is 0 Å². The topological polar surface area (TPSA) is 0 Å². The third kappa shape index (κ3) is 6.75. The van der Waals surface area contributed by atoms with E-state index in [1.54, 1.807) is 0 Å². The van der Waals surface area contributed by atoms with Gasteiger partial charge in [-0.1, -0.05) is 0 Å². The van der Waals surface area contributed by atoms with Crippen LogP contribution in [0.3, 0.4) is 0 Å². The van der Waals surface area contributed by atoms with E-state index in [0.29, 0.717) is 7.83 Å². The molecule has 1 heterocycles. The first-order valence-electron chi connectivity index (χ1n) is 3.84. The SMILES string of the molecule is SCS[C]1SC(SCS)SC(SCS)S1. The van der Waals surface area contributed by atoms with Crippen LogP contribution in [0.5, 0.6) is 0 Å². The van der Waals surface area contributed by atoms with Gasteiger partial charge in [0.2, 0.25) is 0 Å². The number of rotatable bonds is 6. The quantitative estimate of drug-likeness (QED) is 0.437. The Morgan fingerprint density at radius 1 is 0.933 bits per heavy atom. The highest BCUT2D eigenvalue weighted by Gasteiger charge is 2.31. The highest BCUT2D eigenvalue weighted by molar-refractivity contribution is 8.54. The van der Waals surface area contributed by atoms with Crippen molar-refractivity contribution in [3.8, 4) is 0 Å². The lowest BCUT2D eigenvalue weighted by molar-refractivity contribution is 1.89. The summed E-state index contributed by atoms with van der Waals surface area (Å²) in [6.07, 6.45) is 0. The van der Waals surface area contributed by atoms with Crippen LogP contribution in [0.15, 0.2) is 0 Å². The molecule has 2 atom stereocenters. The molecule has 0 aromatic carbocycles. The first-order valence-corrected chi connectivity index (χ1v) is 11.5. The predicted octanol–water partition coefficient (Wildman–Crippen LogP) is 5.08. The van der Waals surface area contributed by atoms with Gasteiger partial charge in [0, 0.05) is 15.3 Å². The summed E-state index contributed by atoms with van der Waals surface area (Å²) in [5, 5.41) is 2.62. The van der Waals surface area contributed by atoms with E-state index in [1.165, 1.54) is 3.91 Å². The fourth-order valence-corrected chi connectivity index (χ4v) is 14.1. The summed E-state index contributed by atoms with van der Waals surface area (Å²) in [5.74, 6) is 0. The summed E-state index contributed by atoms with van der Waals surface area (Å²) < 4.78 is 2.58. The van der Waals surface area contributed by atoms with Crippen molar-refractivity contribution in [1.82, 2.24) is 0 Å². The second-order valence-corrected chi connectivity index (χ2v) is 13.5. The van der Waals surface area contributed by atoms with E-state index in [0.717, 1.165) is 15.3 Å². The van der Waals surface area contributed by atoms with Gasteiger partial charge in [-0.2, -0.15) is 37.9 Å². The highest BCUT2D eigenvalue weighted by atomic mass is 32.3. The molecule has 1 saturated heterocycles. The molecule has 89 valence electrons. The molecule has 0 aromatic rings. The normalized spacial score (nSPS) is 28.2. The van der Waals surface area contributed by atoms with Crippen molar-refractivity contribution in [2.24, 2.45) is 0 Å². The zero-order valence-electron chi connectivity index (χ0n) is 7.57. The maximum Gasteiger partial charge on any atom is 0.145 e. The molecule has 9 heteroatoms. The van der Waals surface area contributed by atoms with Crippen molar-refractivity contribution in [2.75, 3.05) is 15.3 Å². The second kappa shape index (κ2) is 10.00. The Hall–Kier alpha value is 3.15. The summed E-state index contributed by atoms with van der Waals surface area (Å²) in [7, 11) is 0. The molecular weight excluding hydrogens is 361 g/mol. The Bertz CT molecular complexity index is 130. The lowest BCUT2D eigenvalue weighted by atomic mass is 11.8. The fraction of sp³-hybridized carbons (Fsp3) is 0.833. The minimum absolute atomic E-state index is 0.573. The third-order valence-corrected chi connectivity index (χ3v) is 10.9. The molecule has 0 bridgehead atoms. The standard InChI is InChI=1S/C6H11S9/c7-1-10-4-13-5(11-2-8)15-6(14-4)12-3-9/h4-5,7-9H,1-3H2. The van der Waals surface area contributed by atoms with Crippen LogP contribution in [0.4, 0.5) is 0 Å². The average molecular weight is 372 g/mol. The van der Waals surface area contributed by atoms with Gasteiger partial charge in [-0.3, -0.25) is 0 Å². The van der Waals surface area contributed by atoms with Crippen LogP contribution in [0.1, 0.15) is 0 Å². The van der Waals surface area contributed by atoms with E-state index < -0.39 is 0 Å². The van der Waals surface area contributed by atoms with E-state index >= 15 is 0 Å². The second-order valence-electron chi connectivity index (χ2n) is 2.06. The summed E-state index contributed by atoms with van der Waals surface area (Å²) in [6.45, 7) is 0. The zero-order valence-corrected chi connectivity index (χ0v) is 15.1. The van der Waals surface area contributed by atoms with Gasteiger partial charge in [-0.15, -0.1) is 70.6 Å². The van der Waals surface area contributed by atoms with Crippen LogP contribution < -0.4 is 0 Å². The number of thioether (sulfide) groups is 6. The molecule has 1 radical (unpaired) electrons. The van der Waals surface area contributed by atoms with E-state index in [1.807, 2.05) is 70.6 Å². The van der Waals surface area contributed by atoms with Gasteiger partial charge in [0.15, 0.2) is 0 Å². The largest absolute Gasteiger partial charge is 0.168 e. The van der Waals surface area contributed by atoms with Crippen molar-refractivity contribution in [1.29, 1.82) is 0 Å². The molecule has 0 spiro atoms. The molecule has 1 aliphatic rings. The number of hydrogen-bond acceptors (Lipinski definition) is 9. The van der Waals surface area contributed by atoms with Gasteiger partial charge in [0.05, 0.1) is 0 Å². The third-order valence-electron chi connectivity index (χ3n) is 1.21. The maximum absolute atomic E-state index is 4.27. The highest BCUT2D eigenvalue weighted by Crippen LogP contribution is 2.61. The predicted molar refractivity (Wildman–Crippen MR) is 97.9 cm³/mol. The van der Waals surface area contributed by atoms with Crippen molar-refractivity contribution in [2.45, 2.75) is 7.83 Å². The molecule has 0 N–H and O–H groups in total. The van der Waals surface area contributed by atoms with Crippen LogP contribution in [0, 0.1) is 3.91 Å². The molecule has 0 aliphatic carbocycles. The smallest absolute Gasteiger partial charge is 0.145 e. The molecule has 1 rings (SSSR count). The Balaban J connectivity index is 2.40. The minimum atomic E-state index is 0.573. The Labute approximate surface area is 134 Å². The van der Waals surface area contributed by atoms with Gasteiger partial charge in [-0.05, 0) is 0 Å². The maximum atomic E-state index is 4.27. The van der Waals surface area contributed by atoms with Crippen LogP contribution in [-0.4, -0.2) is 23.1 Å². The van der Waals surface area contributed by atoms with Gasteiger partial charge in [0.25, 0.3) is 0 Å². The van der Waals surface area contributed by atoms with Crippen LogP contribution in [-0.2, 0) is 0 Å². The van der Waals surface area contributed by atoms with Crippen LogP contribution in [0.2, 0.25) is 0 Å². The molecule has 2 unspecified atom stereocenters. The molecule has 0 saturated carbocycles. The summed E-state index contributed by atoms with van der Waals surface area (Å²) in [5.41, 5.74) is 0. The Kier molecular flexibility index (Phi) is 10.8. The molecule has 0 nitrogen and oxygen atoms in total. The fourth-order valence-electron chi connectivity index (χ4n) is 0.720. The summed E-state index contributed by atoms with van der Waals surface area (Å²) in [4.78, 5) is 0. The molecule has 0 amide bonds. The van der Waals surface area contributed by atoms with E-state index in [2.05, 4.69) is 37.9 Å². The van der Waals surface area contributed by atoms with Gasteiger partial charge in [0.1, 0.15) is 11.7 Å². The van der Waals surface area contributed by atoms with Gasteiger partial charge < -0.3 is 0 Å². The number of thiol groups is 3. The van der Waals surface area contributed by atoms with Gasteiger partial charge >= 0.3 is 0 Å². The monoisotopic (exact) mass is 371 g/mol. The van der Waals surface area contributed by atoms with Crippen molar-refractivity contribution in [3.63, 3.8) is 0 Å². The van der Waals surface area contributed by atoms with Crippen LogP contribution >= 0.6 is 108 Å². The molecule has 1 aliphatic heterocycles. The minimum Gasteiger partial charge on any atom is -0.168 e. The summed E-state index contributed by atoms with van der Waals surface area (Å²) in [6, 6.07) is 0. The summed E-state index contributed by atoms with van der Waals surface area (Å²) >= 11 is 24.3. The van der Waals surface area contributed by atoms with Crippen LogP contribution in [0.25, 0.3) is 0 Å². The number of hydrogen-bond donors (Lipinski definition) is 3. The first kappa shape index (κ1) is 16.2. The van der Waals surface area contributed by atoms with Crippen molar-refractivity contribution >= 4 is 108 Å². The lowest BCUT2D eigenvalue weighted by Crippen LogP contribution is -2.08. The lowest BCUT2D eigenvalue weighted by Gasteiger charge is -2.31. The Morgan fingerprint density at radius 3 is 1.87 bits per heavy atom. The van der Waals surface area contributed by atoms with Crippen molar-refractivity contribution < 1.29 is 0 Å². The first-order chi connectivity index (χ1) is 7.30. The zero-order chi connectivity index (χ0) is 11.1. The van der Waals surface area contributed by atoms with Crippen molar-refractivity contribution in [3.05, 3.63) is 3.91 Å². The van der Waals surface area contributed by atoms with E-state index in [-0.39, 0.29) is 0 Å². The molecule has 1 fully saturated rings. The molecule has 15 heavy (non-hydrogen) atoms. The average Bonchev–Trinajstić information content (AvgIpc) is 2.19. The molecule has 0 aromatic heterocycles. The Morgan fingerprint density at radius 2 is 1.47 bits per heavy atom.